The van der Waals surface area contributed by atoms with Crippen LogP contribution in [0, 0.1) is 5.92 Å². The van der Waals surface area contributed by atoms with Crippen LogP contribution in [0.25, 0.3) is 0 Å². The lowest BCUT2D eigenvalue weighted by Gasteiger charge is -2.39. The maximum Gasteiger partial charge on any atom is 0.224 e. The molecule has 1 aliphatic rings. The number of nitrogens with zero attached hydrogens (tertiary/aromatic N) is 1. The summed E-state index contributed by atoms with van der Waals surface area (Å²) in [5, 5.41) is 12.9. The normalized spacial score (nSPS) is 21.0. The van der Waals surface area contributed by atoms with Gasteiger partial charge in [-0.25, -0.2) is 0 Å². The van der Waals surface area contributed by atoms with Gasteiger partial charge in [-0.15, -0.1) is 0 Å². The number of nitrogens with one attached hydrogen (secondary N) is 1. The quantitative estimate of drug-likeness (QED) is 0.881. The largest absolute Gasteiger partial charge is 0.508 e. The van der Waals surface area contributed by atoms with Gasteiger partial charge in [0.15, 0.2) is 0 Å². The zero-order valence-electron chi connectivity index (χ0n) is 14.7. The van der Waals surface area contributed by atoms with E-state index in [1.165, 1.54) is 5.56 Å². The van der Waals surface area contributed by atoms with Crippen molar-refractivity contribution in [1.29, 1.82) is 0 Å². The minimum Gasteiger partial charge on any atom is -0.508 e. The maximum atomic E-state index is 12.3. The van der Waals surface area contributed by atoms with Gasteiger partial charge in [0.1, 0.15) is 5.75 Å². The van der Waals surface area contributed by atoms with Crippen molar-refractivity contribution in [2.24, 2.45) is 5.92 Å². The molecule has 0 spiro atoms. The van der Waals surface area contributed by atoms with Gasteiger partial charge in [0, 0.05) is 18.2 Å². The van der Waals surface area contributed by atoms with Gasteiger partial charge in [-0.3, -0.25) is 9.69 Å². The second kappa shape index (κ2) is 8.17. The van der Waals surface area contributed by atoms with Gasteiger partial charge < -0.3 is 10.4 Å². The van der Waals surface area contributed by atoms with Crippen LogP contribution in [0.3, 0.4) is 0 Å². The van der Waals surface area contributed by atoms with Gasteiger partial charge in [-0.2, -0.15) is 0 Å². The number of phenolic OH excluding ortho intramolecular Hbond substituents is 1. The average molecular weight is 338 g/mol. The van der Waals surface area contributed by atoms with Crippen LogP contribution >= 0.6 is 0 Å². The monoisotopic (exact) mass is 338 g/mol. The van der Waals surface area contributed by atoms with Crippen LogP contribution in [0.15, 0.2) is 54.6 Å². The van der Waals surface area contributed by atoms with Crippen molar-refractivity contribution >= 4 is 5.91 Å². The summed E-state index contributed by atoms with van der Waals surface area (Å²) in [5.41, 5.74) is 1.98. The van der Waals surface area contributed by atoms with Crippen LogP contribution in [-0.2, 0) is 11.2 Å². The molecule has 0 saturated carbocycles. The number of hydrogen-bond donors (Lipinski definition) is 2. The number of benzene rings is 2. The molecule has 3 rings (SSSR count). The minimum absolute atomic E-state index is 0.0402. The zero-order valence-corrected chi connectivity index (χ0v) is 14.7. The molecule has 0 bridgehead atoms. The van der Waals surface area contributed by atoms with E-state index in [1.54, 1.807) is 18.2 Å². The molecule has 0 aromatic heterocycles. The fraction of sp³-hybridized carbons (Fsp3) is 0.381. The van der Waals surface area contributed by atoms with E-state index in [1.807, 2.05) is 12.1 Å². The molecular formula is C21H26N2O2. The van der Waals surface area contributed by atoms with Gasteiger partial charge in [0.25, 0.3) is 0 Å². The summed E-state index contributed by atoms with van der Waals surface area (Å²) in [7, 11) is 2.16. The van der Waals surface area contributed by atoms with E-state index >= 15 is 0 Å². The topological polar surface area (TPSA) is 52.6 Å². The van der Waals surface area contributed by atoms with Crippen LogP contribution in [0.4, 0.5) is 0 Å². The molecule has 2 atom stereocenters. The Balaban J connectivity index is 1.62. The van der Waals surface area contributed by atoms with Gasteiger partial charge >= 0.3 is 0 Å². The summed E-state index contributed by atoms with van der Waals surface area (Å²) in [6, 6.07) is 17.9. The van der Waals surface area contributed by atoms with Gasteiger partial charge in [0.2, 0.25) is 5.91 Å². The second-order valence-corrected chi connectivity index (χ2v) is 6.85. The fourth-order valence-corrected chi connectivity index (χ4v) is 3.79. The predicted molar refractivity (Wildman–Crippen MR) is 99.4 cm³/mol. The number of likely N-dealkylation sites (tertiary alicyclic amines) is 1. The van der Waals surface area contributed by atoms with Crippen LogP contribution in [-0.4, -0.2) is 36.1 Å². The smallest absolute Gasteiger partial charge is 0.224 e. The van der Waals surface area contributed by atoms with Gasteiger partial charge in [-0.05, 0) is 44.0 Å². The molecule has 1 fully saturated rings. The SMILES string of the molecule is CN1CCC[C@H](CNC(=O)Cc2ccccc2O)[C@H]1c1ccccc1. The van der Waals surface area contributed by atoms with Crippen LogP contribution in [0.5, 0.6) is 5.75 Å². The summed E-state index contributed by atoms with van der Waals surface area (Å²) in [4.78, 5) is 14.7. The number of piperidine rings is 1. The molecule has 25 heavy (non-hydrogen) atoms. The van der Waals surface area contributed by atoms with Gasteiger partial charge in [0.05, 0.1) is 6.42 Å². The highest BCUT2D eigenvalue weighted by atomic mass is 16.3. The van der Waals surface area contributed by atoms with E-state index < -0.39 is 0 Å². The molecule has 2 aromatic rings. The van der Waals surface area contributed by atoms with E-state index in [0.29, 0.717) is 24.1 Å². The first-order valence-corrected chi connectivity index (χ1v) is 8.94. The minimum atomic E-state index is -0.0402. The Hall–Kier alpha value is -2.33. The molecule has 4 nitrogen and oxygen atoms in total. The molecule has 1 saturated heterocycles. The lowest BCUT2D eigenvalue weighted by atomic mass is 9.85. The maximum absolute atomic E-state index is 12.3. The zero-order chi connectivity index (χ0) is 17.6. The molecule has 1 amide bonds. The molecule has 1 heterocycles. The molecule has 2 aromatic carbocycles. The van der Waals surface area contributed by atoms with Gasteiger partial charge in [-0.1, -0.05) is 48.5 Å². The number of aromatic hydroxyl groups is 1. The number of para-hydroxylation sites is 1. The number of phenols is 1. The number of carbonyl (C=O) groups is 1. The lowest BCUT2D eigenvalue weighted by Crippen LogP contribution is -2.42. The summed E-state index contributed by atoms with van der Waals surface area (Å²) in [6.07, 6.45) is 2.48. The van der Waals surface area contributed by atoms with Crippen molar-refractivity contribution < 1.29 is 9.90 Å². The Morgan fingerprint density at radius 1 is 1.16 bits per heavy atom. The Kier molecular flexibility index (Phi) is 5.71. The van der Waals surface area contributed by atoms with Crippen LogP contribution < -0.4 is 5.32 Å². The number of hydrogen-bond acceptors (Lipinski definition) is 3. The molecule has 0 unspecified atom stereocenters. The number of rotatable bonds is 5. The molecule has 4 heteroatoms. The highest BCUT2D eigenvalue weighted by Gasteiger charge is 2.30. The summed E-state index contributed by atoms with van der Waals surface area (Å²) in [6.45, 7) is 1.75. The number of carbonyl (C=O) groups excluding carboxylic acids is 1. The highest BCUT2D eigenvalue weighted by Crippen LogP contribution is 2.34. The van der Waals surface area contributed by atoms with E-state index in [-0.39, 0.29) is 18.1 Å². The third-order valence-electron chi connectivity index (χ3n) is 5.05. The molecule has 2 N–H and O–H groups in total. The molecule has 132 valence electrons. The lowest BCUT2D eigenvalue weighted by molar-refractivity contribution is -0.120. The van der Waals surface area contributed by atoms with Crippen molar-refractivity contribution in [3.05, 3.63) is 65.7 Å². The molecule has 1 aliphatic heterocycles. The Bertz CT molecular complexity index is 702. The third-order valence-corrected chi connectivity index (χ3v) is 5.05. The summed E-state index contributed by atoms with van der Waals surface area (Å²) in [5.74, 6) is 0.535. The van der Waals surface area contributed by atoms with E-state index in [4.69, 9.17) is 0 Å². The van der Waals surface area contributed by atoms with Crippen LogP contribution in [0.1, 0.15) is 30.0 Å². The van der Waals surface area contributed by atoms with Crippen molar-refractivity contribution in [2.75, 3.05) is 20.1 Å². The van der Waals surface area contributed by atoms with Crippen molar-refractivity contribution in [3.8, 4) is 5.75 Å². The Labute approximate surface area is 149 Å². The summed E-state index contributed by atoms with van der Waals surface area (Å²) >= 11 is 0. The molecular weight excluding hydrogens is 312 g/mol. The number of amides is 1. The van der Waals surface area contributed by atoms with Crippen LogP contribution in [0.2, 0.25) is 0 Å². The Morgan fingerprint density at radius 2 is 1.88 bits per heavy atom. The highest BCUT2D eigenvalue weighted by molar-refractivity contribution is 5.79. The van der Waals surface area contributed by atoms with Crippen molar-refractivity contribution in [3.63, 3.8) is 0 Å². The first kappa shape index (κ1) is 17.5. The predicted octanol–water partition coefficient (Wildman–Crippen LogP) is 3.13. The second-order valence-electron chi connectivity index (χ2n) is 6.85. The molecule has 0 aliphatic carbocycles. The Morgan fingerprint density at radius 3 is 2.64 bits per heavy atom. The van der Waals surface area contributed by atoms with E-state index in [0.717, 1.165) is 19.4 Å². The fourth-order valence-electron chi connectivity index (χ4n) is 3.79. The van der Waals surface area contributed by atoms with E-state index in [9.17, 15) is 9.90 Å². The van der Waals surface area contributed by atoms with Crippen molar-refractivity contribution in [2.45, 2.75) is 25.3 Å². The molecule has 0 radical (unpaired) electrons. The summed E-state index contributed by atoms with van der Waals surface area (Å²) < 4.78 is 0. The average Bonchev–Trinajstić information content (AvgIpc) is 2.63. The standard InChI is InChI=1S/C21H26N2O2/c1-23-13-7-11-18(21(23)16-8-3-2-4-9-16)15-22-20(25)14-17-10-5-6-12-19(17)24/h2-6,8-10,12,18,21,24H,7,11,13-15H2,1H3,(H,22,25)/t18-,21-/m1/s1. The van der Waals surface area contributed by atoms with Crippen molar-refractivity contribution in [1.82, 2.24) is 10.2 Å². The van der Waals surface area contributed by atoms with E-state index in [2.05, 4.69) is 41.5 Å². The first-order chi connectivity index (χ1) is 12.1. The third kappa shape index (κ3) is 4.40. The first-order valence-electron chi connectivity index (χ1n) is 8.94.